The molecule has 0 amide bonds. The molecule has 0 spiro atoms. The van der Waals surface area contributed by atoms with Crippen LogP contribution in [0.1, 0.15) is 35.7 Å². The van der Waals surface area contributed by atoms with Crippen molar-refractivity contribution in [1.29, 1.82) is 0 Å². The lowest BCUT2D eigenvalue weighted by Gasteiger charge is -2.11. The molecule has 0 atom stereocenters. The molecule has 0 radical (unpaired) electrons. The van der Waals surface area contributed by atoms with Crippen LogP contribution in [0, 0.1) is 0 Å². The third kappa shape index (κ3) is 3.44. The molecule has 3 heteroatoms. The van der Waals surface area contributed by atoms with Crippen molar-refractivity contribution in [3.8, 4) is 11.5 Å². The number of carbonyl (C=O) groups is 1. The average molecular weight is 319 g/mol. The van der Waals surface area contributed by atoms with E-state index < -0.39 is 0 Å². The van der Waals surface area contributed by atoms with Crippen LogP contribution in [0.4, 0.5) is 0 Å². The van der Waals surface area contributed by atoms with Gasteiger partial charge in [0.25, 0.3) is 0 Å². The zero-order chi connectivity index (χ0) is 13.8. The van der Waals surface area contributed by atoms with Gasteiger partial charge < -0.3 is 4.74 Å². The highest BCUT2D eigenvalue weighted by Gasteiger charge is 2.07. The number of hydrogen-bond acceptors (Lipinski definition) is 2. The SMILES string of the molecule is CC(C)c1cccc(Oc2cc(Br)ccc2C=O)c1. The van der Waals surface area contributed by atoms with E-state index in [1.807, 2.05) is 24.3 Å². The second kappa shape index (κ2) is 6.02. The second-order valence-electron chi connectivity index (χ2n) is 4.63. The highest BCUT2D eigenvalue weighted by molar-refractivity contribution is 9.10. The first-order valence-corrected chi connectivity index (χ1v) is 6.92. The number of hydrogen-bond donors (Lipinski definition) is 0. The first-order chi connectivity index (χ1) is 9.10. The fraction of sp³-hybridized carbons (Fsp3) is 0.188. The zero-order valence-electron chi connectivity index (χ0n) is 10.9. The fourth-order valence-corrected chi connectivity index (χ4v) is 2.10. The summed E-state index contributed by atoms with van der Waals surface area (Å²) in [6.45, 7) is 4.27. The Kier molecular flexibility index (Phi) is 4.38. The van der Waals surface area contributed by atoms with Gasteiger partial charge in [-0.25, -0.2) is 0 Å². The van der Waals surface area contributed by atoms with Crippen molar-refractivity contribution < 1.29 is 9.53 Å². The highest BCUT2D eigenvalue weighted by atomic mass is 79.9. The molecule has 0 heterocycles. The number of benzene rings is 2. The minimum absolute atomic E-state index is 0.441. The van der Waals surface area contributed by atoms with Gasteiger partial charge in [-0.2, -0.15) is 0 Å². The number of halogens is 1. The van der Waals surface area contributed by atoms with Crippen molar-refractivity contribution in [2.45, 2.75) is 19.8 Å². The maximum atomic E-state index is 11.0. The summed E-state index contributed by atoms with van der Waals surface area (Å²) in [5.74, 6) is 1.74. The van der Waals surface area contributed by atoms with E-state index >= 15 is 0 Å². The Morgan fingerprint density at radius 3 is 2.63 bits per heavy atom. The van der Waals surface area contributed by atoms with Gasteiger partial charge in [-0.05, 0) is 41.8 Å². The summed E-state index contributed by atoms with van der Waals surface area (Å²) in [5.41, 5.74) is 1.75. The first kappa shape index (κ1) is 13.8. The number of ether oxygens (including phenoxy) is 1. The Hall–Kier alpha value is -1.61. The molecule has 0 aliphatic rings. The van der Waals surface area contributed by atoms with Gasteiger partial charge >= 0.3 is 0 Å². The Morgan fingerprint density at radius 2 is 1.95 bits per heavy atom. The van der Waals surface area contributed by atoms with Crippen molar-refractivity contribution in [2.24, 2.45) is 0 Å². The van der Waals surface area contributed by atoms with Crippen LogP contribution in [0.3, 0.4) is 0 Å². The van der Waals surface area contributed by atoms with Crippen molar-refractivity contribution in [2.75, 3.05) is 0 Å². The topological polar surface area (TPSA) is 26.3 Å². The summed E-state index contributed by atoms with van der Waals surface area (Å²) >= 11 is 3.38. The molecule has 0 saturated carbocycles. The molecular formula is C16H15BrO2. The van der Waals surface area contributed by atoms with E-state index in [1.165, 1.54) is 5.56 Å². The molecule has 2 rings (SSSR count). The van der Waals surface area contributed by atoms with Crippen molar-refractivity contribution >= 4 is 22.2 Å². The van der Waals surface area contributed by atoms with E-state index in [0.29, 0.717) is 17.2 Å². The number of carbonyl (C=O) groups excluding carboxylic acids is 1. The summed E-state index contributed by atoms with van der Waals surface area (Å²) in [7, 11) is 0. The summed E-state index contributed by atoms with van der Waals surface area (Å²) < 4.78 is 6.69. The summed E-state index contributed by atoms with van der Waals surface area (Å²) in [6, 6.07) is 13.3. The van der Waals surface area contributed by atoms with Crippen LogP contribution >= 0.6 is 15.9 Å². The third-order valence-electron chi connectivity index (χ3n) is 2.86. The van der Waals surface area contributed by atoms with Crippen molar-refractivity contribution in [1.82, 2.24) is 0 Å². The van der Waals surface area contributed by atoms with Gasteiger partial charge in [0.15, 0.2) is 6.29 Å². The number of rotatable bonds is 4. The molecule has 2 aromatic carbocycles. The van der Waals surface area contributed by atoms with Crippen LogP contribution in [0.2, 0.25) is 0 Å². The molecule has 2 nitrogen and oxygen atoms in total. The maximum Gasteiger partial charge on any atom is 0.153 e. The van der Waals surface area contributed by atoms with Gasteiger partial charge in [0, 0.05) is 4.47 Å². The second-order valence-corrected chi connectivity index (χ2v) is 5.54. The normalized spacial score (nSPS) is 10.5. The lowest BCUT2D eigenvalue weighted by molar-refractivity contribution is 0.112. The highest BCUT2D eigenvalue weighted by Crippen LogP contribution is 2.29. The largest absolute Gasteiger partial charge is 0.457 e. The first-order valence-electron chi connectivity index (χ1n) is 6.12. The quantitative estimate of drug-likeness (QED) is 0.726. The van der Waals surface area contributed by atoms with Crippen LogP contribution in [0.25, 0.3) is 0 Å². The summed E-state index contributed by atoms with van der Waals surface area (Å²) in [4.78, 5) is 11.0. The monoisotopic (exact) mass is 318 g/mol. The van der Waals surface area contributed by atoms with Crippen LogP contribution in [0.5, 0.6) is 11.5 Å². The predicted octanol–water partition coefficient (Wildman–Crippen LogP) is 5.18. The van der Waals surface area contributed by atoms with Gasteiger partial charge in [0.05, 0.1) is 5.56 Å². The van der Waals surface area contributed by atoms with Crippen LogP contribution in [-0.2, 0) is 0 Å². The average Bonchev–Trinajstić information content (AvgIpc) is 2.39. The minimum Gasteiger partial charge on any atom is -0.457 e. The molecule has 0 N–H and O–H groups in total. The van der Waals surface area contributed by atoms with E-state index in [0.717, 1.165) is 16.5 Å². The van der Waals surface area contributed by atoms with Gasteiger partial charge in [-0.3, -0.25) is 4.79 Å². The maximum absolute atomic E-state index is 11.0. The molecular weight excluding hydrogens is 304 g/mol. The van der Waals surface area contributed by atoms with E-state index in [4.69, 9.17) is 4.74 Å². The molecule has 98 valence electrons. The van der Waals surface area contributed by atoms with Gasteiger partial charge in [-0.15, -0.1) is 0 Å². The van der Waals surface area contributed by atoms with Crippen molar-refractivity contribution in [3.63, 3.8) is 0 Å². The Labute approximate surface area is 121 Å². The molecule has 0 aromatic heterocycles. The third-order valence-corrected chi connectivity index (χ3v) is 3.35. The Morgan fingerprint density at radius 1 is 1.16 bits per heavy atom. The molecule has 0 bridgehead atoms. The van der Waals surface area contributed by atoms with Crippen LogP contribution in [-0.4, -0.2) is 6.29 Å². The van der Waals surface area contributed by atoms with Crippen LogP contribution in [0.15, 0.2) is 46.9 Å². The Bertz CT molecular complexity index is 591. The van der Waals surface area contributed by atoms with E-state index in [2.05, 4.69) is 35.8 Å². The minimum atomic E-state index is 0.441. The lowest BCUT2D eigenvalue weighted by atomic mass is 10.0. The Balaban J connectivity index is 2.33. The smallest absolute Gasteiger partial charge is 0.153 e. The van der Waals surface area contributed by atoms with E-state index in [1.54, 1.807) is 12.1 Å². The van der Waals surface area contributed by atoms with Crippen molar-refractivity contribution in [3.05, 3.63) is 58.1 Å². The standard InChI is InChI=1S/C16H15BrO2/c1-11(2)12-4-3-5-15(8-12)19-16-9-14(17)7-6-13(16)10-18/h3-11H,1-2H3. The number of aldehydes is 1. The molecule has 0 fully saturated rings. The zero-order valence-corrected chi connectivity index (χ0v) is 12.5. The van der Waals surface area contributed by atoms with Gasteiger partial charge in [0.2, 0.25) is 0 Å². The molecule has 2 aromatic rings. The molecule has 0 aliphatic carbocycles. The lowest BCUT2D eigenvalue weighted by Crippen LogP contribution is -1.92. The predicted molar refractivity (Wildman–Crippen MR) is 80.1 cm³/mol. The van der Waals surface area contributed by atoms with Crippen LogP contribution < -0.4 is 4.74 Å². The molecule has 19 heavy (non-hydrogen) atoms. The van der Waals surface area contributed by atoms with E-state index in [9.17, 15) is 4.79 Å². The molecule has 0 unspecified atom stereocenters. The van der Waals surface area contributed by atoms with E-state index in [-0.39, 0.29) is 0 Å². The molecule has 0 aliphatic heterocycles. The fourth-order valence-electron chi connectivity index (χ4n) is 1.76. The van der Waals surface area contributed by atoms with Gasteiger partial charge in [0.1, 0.15) is 11.5 Å². The molecule has 0 saturated heterocycles. The summed E-state index contributed by atoms with van der Waals surface area (Å²) in [5, 5.41) is 0. The summed E-state index contributed by atoms with van der Waals surface area (Å²) in [6.07, 6.45) is 0.800. The van der Waals surface area contributed by atoms with Gasteiger partial charge in [-0.1, -0.05) is 41.9 Å².